The van der Waals surface area contributed by atoms with Crippen LogP contribution < -0.4 is 14.4 Å². The SMILES string of the molecule is COC(=O)c1sc(-c2cccc(N(C3CCNCC3)S(=O)(=O)Cc3cccc(Cl)c3Cl)c2)c(Br)c1OCC(=O)OC(C)(C)C. The number of halogens is 3. The van der Waals surface area contributed by atoms with Gasteiger partial charge in [0, 0.05) is 6.04 Å². The van der Waals surface area contributed by atoms with Gasteiger partial charge in [0.15, 0.2) is 17.2 Å². The zero-order valence-corrected chi connectivity index (χ0v) is 29.3. The van der Waals surface area contributed by atoms with Crippen LogP contribution in [0.5, 0.6) is 5.75 Å². The van der Waals surface area contributed by atoms with E-state index in [9.17, 15) is 18.0 Å². The van der Waals surface area contributed by atoms with Crippen LogP contribution in [-0.4, -0.2) is 58.8 Å². The first-order valence-corrected chi connectivity index (χ1v) is 17.7. The molecule has 1 aromatic heterocycles. The fraction of sp³-hybridized carbons (Fsp3) is 0.400. The molecule has 4 rings (SSSR count). The van der Waals surface area contributed by atoms with Crippen molar-refractivity contribution in [1.29, 1.82) is 0 Å². The normalized spacial score (nSPS) is 14.2. The van der Waals surface area contributed by atoms with Crippen LogP contribution in [0, 0.1) is 0 Å². The van der Waals surface area contributed by atoms with Crippen molar-refractivity contribution < 1.29 is 32.2 Å². The lowest BCUT2D eigenvalue weighted by Gasteiger charge is -2.35. The average molecular weight is 749 g/mol. The van der Waals surface area contributed by atoms with E-state index >= 15 is 0 Å². The minimum absolute atomic E-state index is 0.131. The Morgan fingerprint density at radius 1 is 1.11 bits per heavy atom. The molecule has 1 aliphatic heterocycles. The standard InChI is InChI=1S/C30H33BrCl2N2O7S2/c1-30(2,3)42-23(36)16-41-26-24(31)27(43-28(26)29(37)40-4)18-7-5-9-21(15-18)35(20-11-13-34-14-12-20)44(38,39)17-19-8-6-10-22(32)25(19)33/h5-10,15,20,34H,11-14,16-17H2,1-4H3. The van der Waals surface area contributed by atoms with Gasteiger partial charge in [-0.1, -0.05) is 47.5 Å². The van der Waals surface area contributed by atoms with Crippen molar-refractivity contribution >= 4 is 78.1 Å². The van der Waals surface area contributed by atoms with Crippen molar-refractivity contribution in [2.24, 2.45) is 0 Å². The molecule has 0 saturated carbocycles. The third-order valence-corrected chi connectivity index (χ3v) is 11.5. The quantitative estimate of drug-likeness (QED) is 0.219. The molecule has 0 unspecified atom stereocenters. The number of benzene rings is 2. The molecule has 2 heterocycles. The van der Waals surface area contributed by atoms with Crippen LogP contribution in [0.2, 0.25) is 10.0 Å². The molecule has 44 heavy (non-hydrogen) atoms. The summed E-state index contributed by atoms with van der Waals surface area (Å²) in [6.07, 6.45) is 1.23. The summed E-state index contributed by atoms with van der Waals surface area (Å²) in [6, 6.07) is 11.7. The van der Waals surface area contributed by atoms with Gasteiger partial charge in [-0.15, -0.1) is 11.3 Å². The lowest BCUT2D eigenvalue weighted by molar-refractivity contribution is -0.157. The highest BCUT2D eigenvalue weighted by Crippen LogP contribution is 2.47. The molecule has 1 N–H and O–H groups in total. The van der Waals surface area contributed by atoms with E-state index in [-0.39, 0.29) is 32.5 Å². The number of piperidine rings is 1. The zero-order chi connectivity index (χ0) is 32.2. The maximum Gasteiger partial charge on any atom is 0.351 e. The number of anilines is 1. The largest absolute Gasteiger partial charge is 0.479 e. The Morgan fingerprint density at radius 2 is 1.80 bits per heavy atom. The van der Waals surface area contributed by atoms with Crippen molar-refractivity contribution in [3.05, 3.63) is 67.4 Å². The number of methoxy groups -OCH3 is 1. The lowest BCUT2D eigenvalue weighted by Crippen LogP contribution is -2.46. The molecule has 1 fully saturated rings. The highest BCUT2D eigenvalue weighted by Gasteiger charge is 2.33. The number of rotatable bonds is 10. The van der Waals surface area contributed by atoms with Crippen LogP contribution in [0.1, 0.15) is 48.8 Å². The van der Waals surface area contributed by atoms with Gasteiger partial charge in [0.2, 0.25) is 10.0 Å². The minimum Gasteiger partial charge on any atom is -0.479 e. The van der Waals surface area contributed by atoms with Gasteiger partial charge < -0.3 is 19.5 Å². The van der Waals surface area contributed by atoms with E-state index in [4.69, 9.17) is 37.4 Å². The highest BCUT2D eigenvalue weighted by atomic mass is 79.9. The third kappa shape index (κ3) is 8.27. The summed E-state index contributed by atoms with van der Waals surface area (Å²) in [5, 5.41) is 3.77. The Bertz CT molecular complexity index is 1630. The zero-order valence-electron chi connectivity index (χ0n) is 24.6. The van der Waals surface area contributed by atoms with Crippen molar-refractivity contribution in [3.63, 3.8) is 0 Å². The van der Waals surface area contributed by atoms with Crippen LogP contribution in [0.3, 0.4) is 0 Å². The summed E-state index contributed by atoms with van der Waals surface area (Å²) in [5.41, 5.74) is 0.793. The number of thiophene rings is 1. The second-order valence-electron chi connectivity index (χ2n) is 11.1. The smallest absolute Gasteiger partial charge is 0.351 e. The van der Waals surface area contributed by atoms with E-state index < -0.39 is 34.2 Å². The minimum atomic E-state index is -3.93. The molecular formula is C30H33BrCl2N2O7S2. The van der Waals surface area contributed by atoms with Crippen molar-refractivity contribution in [1.82, 2.24) is 5.32 Å². The van der Waals surface area contributed by atoms with E-state index in [1.165, 1.54) is 11.4 Å². The van der Waals surface area contributed by atoms with Gasteiger partial charge in [-0.05, 0) is 92.0 Å². The van der Waals surface area contributed by atoms with E-state index in [0.29, 0.717) is 52.1 Å². The molecule has 0 spiro atoms. The molecule has 9 nitrogen and oxygen atoms in total. The molecular weight excluding hydrogens is 715 g/mol. The van der Waals surface area contributed by atoms with Crippen LogP contribution in [-0.2, 0) is 30.0 Å². The highest BCUT2D eigenvalue weighted by molar-refractivity contribution is 9.10. The maximum atomic E-state index is 14.1. The van der Waals surface area contributed by atoms with Gasteiger partial charge in [0.25, 0.3) is 0 Å². The number of esters is 2. The van der Waals surface area contributed by atoms with Gasteiger partial charge in [-0.25, -0.2) is 18.0 Å². The molecule has 0 radical (unpaired) electrons. The van der Waals surface area contributed by atoms with Crippen LogP contribution >= 0.6 is 50.5 Å². The van der Waals surface area contributed by atoms with Crippen molar-refractivity contribution in [3.8, 4) is 16.2 Å². The molecule has 2 aromatic carbocycles. The summed E-state index contributed by atoms with van der Waals surface area (Å²) in [5.74, 6) is -1.45. The Labute approximate surface area is 279 Å². The summed E-state index contributed by atoms with van der Waals surface area (Å²) in [4.78, 5) is 25.8. The molecule has 14 heteroatoms. The number of hydrogen-bond acceptors (Lipinski definition) is 9. The predicted octanol–water partition coefficient (Wildman–Crippen LogP) is 7.08. The van der Waals surface area contributed by atoms with Gasteiger partial charge in [0.1, 0.15) is 5.60 Å². The van der Waals surface area contributed by atoms with Crippen LogP contribution in [0.4, 0.5) is 5.69 Å². The molecule has 1 aliphatic rings. The third-order valence-electron chi connectivity index (χ3n) is 6.61. The number of carbonyl (C=O) groups excluding carboxylic acids is 2. The monoisotopic (exact) mass is 746 g/mol. The van der Waals surface area contributed by atoms with Crippen molar-refractivity contribution in [2.45, 2.75) is 51.0 Å². The van der Waals surface area contributed by atoms with E-state index in [2.05, 4.69) is 21.2 Å². The molecule has 3 aromatic rings. The lowest BCUT2D eigenvalue weighted by atomic mass is 10.1. The number of nitrogens with one attached hydrogen (secondary N) is 1. The first kappa shape index (κ1) is 34.5. The Balaban J connectivity index is 1.74. The van der Waals surface area contributed by atoms with Gasteiger partial charge >= 0.3 is 11.9 Å². The number of nitrogens with zero attached hydrogens (tertiary/aromatic N) is 1. The van der Waals surface area contributed by atoms with Crippen molar-refractivity contribution in [2.75, 3.05) is 31.1 Å². The summed E-state index contributed by atoms with van der Waals surface area (Å²) in [6.45, 7) is 6.15. The summed E-state index contributed by atoms with van der Waals surface area (Å²) >= 11 is 17.2. The number of hydrogen-bond donors (Lipinski definition) is 1. The molecule has 0 amide bonds. The molecule has 1 saturated heterocycles. The maximum absolute atomic E-state index is 14.1. The van der Waals surface area contributed by atoms with E-state index in [1.54, 1.807) is 63.2 Å². The van der Waals surface area contributed by atoms with Crippen LogP contribution in [0.15, 0.2) is 46.9 Å². The Kier molecular flexibility index (Phi) is 11.3. The Hall–Kier alpha value is -2.35. The first-order chi connectivity index (χ1) is 20.7. The van der Waals surface area contributed by atoms with Gasteiger partial charge in [-0.3, -0.25) is 4.31 Å². The predicted molar refractivity (Wildman–Crippen MR) is 178 cm³/mol. The molecule has 238 valence electrons. The van der Waals surface area contributed by atoms with Crippen LogP contribution in [0.25, 0.3) is 10.4 Å². The fourth-order valence-electron chi connectivity index (χ4n) is 4.79. The number of ether oxygens (including phenoxy) is 3. The van der Waals surface area contributed by atoms with E-state index in [1.807, 2.05) is 0 Å². The topological polar surface area (TPSA) is 111 Å². The molecule has 0 bridgehead atoms. The van der Waals surface area contributed by atoms with Gasteiger partial charge in [-0.2, -0.15) is 0 Å². The second-order valence-corrected chi connectivity index (χ2v) is 15.5. The average Bonchev–Trinajstić information content (AvgIpc) is 3.29. The van der Waals surface area contributed by atoms with Gasteiger partial charge in [0.05, 0.1) is 37.9 Å². The summed E-state index contributed by atoms with van der Waals surface area (Å²) < 4.78 is 46.1. The number of sulfonamides is 1. The first-order valence-electron chi connectivity index (χ1n) is 13.7. The molecule has 0 atom stereocenters. The summed E-state index contributed by atoms with van der Waals surface area (Å²) in [7, 11) is -2.67. The Morgan fingerprint density at radius 3 is 2.45 bits per heavy atom. The molecule has 0 aliphatic carbocycles. The van der Waals surface area contributed by atoms with E-state index in [0.717, 1.165) is 11.3 Å². The second kappa shape index (κ2) is 14.4. The fourth-order valence-corrected chi connectivity index (χ4v) is 9.10. The number of carbonyl (C=O) groups is 2.